The van der Waals surface area contributed by atoms with Gasteiger partial charge in [0.2, 0.25) is 0 Å². The summed E-state index contributed by atoms with van der Waals surface area (Å²) in [6.07, 6.45) is 0. The van der Waals surface area contributed by atoms with Gasteiger partial charge in [0.1, 0.15) is 11.5 Å². The standard InChI is InChI=1S/C19H14ClNO2/c20-17-8-4-5-9-18(17)21-19(22)14-10-12-16(13-11-14)23-15-6-2-1-3-7-15/h1-13H,(H,21,22). The van der Waals surface area contributed by atoms with Gasteiger partial charge in [-0.1, -0.05) is 41.9 Å². The molecule has 4 heteroatoms. The highest BCUT2D eigenvalue weighted by Crippen LogP contribution is 2.23. The van der Waals surface area contributed by atoms with E-state index in [1.165, 1.54) is 0 Å². The molecule has 0 saturated heterocycles. The smallest absolute Gasteiger partial charge is 0.255 e. The third-order valence-electron chi connectivity index (χ3n) is 3.22. The summed E-state index contributed by atoms with van der Waals surface area (Å²) in [7, 11) is 0. The van der Waals surface area contributed by atoms with Crippen LogP contribution in [0.15, 0.2) is 78.9 Å². The summed E-state index contributed by atoms with van der Waals surface area (Å²) in [5.74, 6) is 1.20. The van der Waals surface area contributed by atoms with E-state index in [1.54, 1.807) is 36.4 Å². The third kappa shape index (κ3) is 3.90. The van der Waals surface area contributed by atoms with Crippen LogP contribution in [-0.2, 0) is 0 Å². The number of carbonyl (C=O) groups is 1. The molecule has 0 aliphatic carbocycles. The summed E-state index contributed by atoms with van der Waals surface area (Å²) in [5, 5.41) is 3.29. The first-order valence-electron chi connectivity index (χ1n) is 7.11. The Morgan fingerprint density at radius 3 is 2.09 bits per heavy atom. The number of halogens is 1. The Bertz CT molecular complexity index is 801. The van der Waals surface area contributed by atoms with Crippen molar-refractivity contribution in [1.29, 1.82) is 0 Å². The lowest BCUT2D eigenvalue weighted by atomic mass is 10.2. The van der Waals surface area contributed by atoms with Gasteiger partial charge in [0.25, 0.3) is 5.91 Å². The van der Waals surface area contributed by atoms with Crippen LogP contribution in [0.1, 0.15) is 10.4 Å². The molecule has 0 aromatic heterocycles. The molecule has 1 amide bonds. The van der Waals surface area contributed by atoms with Gasteiger partial charge >= 0.3 is 0 Å². The van der Waals surface area contributed by atoms with Crippen molar-refractivity contribution in [2.45, 2.75) is 0 Å². The Labute approximate surface area is 139 Å². The average molecular weight is 324 g/mol. The molecule has 0 saturated carbocycles. The maximum atomic E-state index is 12.2. The zero-order valence-electron chi connectivity index (χ0n) is 12.2. The second-order valence-corrected chi connectivity index (χ2v) is 5.28. The fraction of sp³-hybridized carbons (Fsp3) is 0. The van der Waals surface area contributed by atoms with Crippen LogP contribution in [0.2, 0.25) is 5.02 Å². The molecular formula is C19H14ClNO2. The Hall–Kier alpha value is -2.78. The first-order valence-corrected chi connectivity index (χ1v) is 7.49. The van der Waals surface area contributed by atoms with E-state index >= 15 is 0 Å². The van der Waals surface area contributed by atoms with Crippen molar-refractivity contribution in [3.63, 3.8) is 0 Å². The number of para-hydroxylation sites is 2. The largest absolute Gasteiger partial charge is 0.457 e. The van der Waals surface area contributed by atoms with Crippen molar-refractivity contribution < 1.29 is 9.53 Å². The molecule has 0 spiro atoms. The molecule has 3 aromatic carbocycles. The van der Waals surface area contributed by atoms with Crippen LogP contribution in [0.3, 0.4) is 0 Å². The van der Waals surface area contributed by atoms with E-state index in [4.69, 9.17) is 16.3 Å². The molecular weight excluding hydrogens is 310 g/mol. The quantitative estimate of drug-likeness (QED) is 0.699. The molecule has 114 valence electrons. The van der Waals surface area contributed by atoms with Gasteiger partial charge in [-0.25, -0.2) is 0 Å². The van der Waals surface area contributed by atoms with E-state index in [-0.39, 0.29) is 5.91 Å². The molecule has 0 fully saturated rings. The number of benzene rings is 3. The van der Waals surface area contributed by atoms with Gasteiger partial charge in [-0.3, -0.25) is 4.79 Å². The monoisotopic (exact) mass is 323 g/mol. The van der Waals surface area contributed by atoms with Gasteiger partial charge in [-0.05, 0) is 48.5 Å². The predicted molar refractivity (Wildman–Crippen MR) is 92.4 cm³/mol. The topological polar surface area (TPSA) is 38.3 Å². The third-order valence-corrected chi connectivity index (χ3v) is 3.55. The van der Waals surface area contributed by atoms with Gasteiger partial charge in [0.15, 0.2) is 0 Å². The lowest BCUT2D eigenvalue weighted by Gasteiger charge is -2.08. The molecule has 0 radical (unpaired) electrons. The van der Waals surface area contributed by atoms with Gasteiger partial charge in [-0.2, -0.15) is 0 Å². The maximum Gasteiger partial charge on any atom is 0.255 e. The van der Waals surface area contributed by atoms with E-state index < -0.39 is 0 Å². The molecule has 0 atom stereocenters. The SMILES string of the molecule is O=C(Nc1ccccc1Cl)c1ccc(Oc2ccccc2)cc1. The van der Waals surface area contributed by atoms with Crippen LogP contribution < -0.4 is 10.1 Å². The van der Waals surface area contributed by atoms with E-state index in [0.717, 1.165) is 5.75 Å². The minimum Gasteiger partial charge on any atom is -0.457 e. The van der Waals surface area contributed by atoms with Crippen LogP contribution in [0, 0.1) is 0 Å². The molecule has 0 aliphatic rings. The highest BCUT2D eigenvalue weighted by Gasteiger charge is 2.08. The fourth-order valence-electron chi connectivity index (χ4n) is 2.06. The number of ether oxygens (including phenoxy) is 1. The summed E-state index contributed by atoms with van der Waals surface area (Å²) in [5.41, 5.74) is 1.12. The molecule has 0 unspecified atom stereocenters. The van der Waals surface area contributed by atoms with Crippen molar-refractivity contribution in [1.82, 2.24) is 0 Å². The summed E-state index contributed by atoms with van der Waals surface area (Å²) in [4.78, 5) is 12.2. The minimum absolute atomic E-state index is 0.218. The Morgan fingerprint density at radius 2 is 1.39 bits per heavy atom. The van der Waals surface area contributed by atoms with Crippen LogP contribution in [0.4, 0.5) is 5.69 Å². The summed E-state index contributed by atoms with van der Waals surface area (Å²) in [6, 6.07) is 23.5. The number of hydrogen-bond donors (Lipinski definition) is 1. The minimum atomic E-state index is -0.218. The van der Waals surface area contributed by atoms with Gasteiger partial charge in [-0.15, -0.1) is 0 Å². The van der Waals surface area contributed by atoms with E-state index in [2.05, 4.69) is 5.32 Å². The van der Waals surface area contributed by atoms with E-state index in [9.17, 15) is 4.79 Å². The van der Waals surface area contributed by atoms with Crippen molar-refractivity contribution in [2.24, 2.45) is 0 Å². The average Bonchev–Trinajstić information content (AvgIpc) is 2.58. The zero-order valence-corrected chi connectivity index (χ0v) is 13.0. The van der Waals surface area contributed by atoms with Crippen LogP contribution in [0.25, 0.3) is 0 Å². The number of carbonyl (C=O) groups excluding carboxylic acids is 1. The summed E-state index contributed by atoms with van der Waals surface area (Å²) >= 11 is 6.04. The second kappa shape index (κ2) is 6.99. The van der Waals surface area contributed by atoms with Gasteiger partial charge in [0, 0.05) is 5.56 Å². The number of hydrogen-bond acceptors (Lipinski definition) is 2. The lowest BCUT2D eigenvalue weighted by Crippen LogP contribution is -2.11. The summed E-state index contributed by atoms with van der Waals surface area (Å²) in [6.45, 7) is 0. The Morgan fingerprint density at radius 1 is 0.783 bits per heavy atom. The molecule has 3 nitrogen and oxygen atoms in total. The fourth-order valence-corrected chi connectivity index (χ4v) is 2.24. The van der Waals surface area contributed by atoms with Crippen molar-refractivity contribution in [2.75, 3.05) is 5.32 Å². The highest BCUT2D eigenvalue weighted by molar-refractivity contribution is 6.33. The number of nitrogens with one attached hydrogen (secondary N) is 1. The maximum absolute atomic E-state index is 12.2. The van der Waals surface area contributed by atoms with Crippen LogP contribution in [-0.4, -0.2) is 5.91 Å². The van der Waals surface area contributed by atoms with Crippen molar-refractivity contribution in [3.8, 4) is 11.5 Å². The number of rotatable bonds is 4. The van der Waals surface area contributed by atoms with Gasteiger partial charge < -0.3 is 10.1 Å². The molecule has 0 aliphatic heterocycles. The van der Waals surface area contributed by atoms with E-state index in [1.807, 2.05) is 42.5 Å². The molecule has 0 heterocycles. The molecule has 0 bridgehead atoms. The zero-order chi connectivity index (χ0) is 16.1. The summed E-state index contributed by atoms with van der Waals surface area (Å²) < 4.78 is 5.70. The molecule has 23 heavy (non-hydrogen) atoms. The number of anilines is 1. The highest BCUT2D eigenvalue weighted by atomic mass is 35.5. The first kappa shape index (κ1) is 15.1. The van der Waals surface area contributed by atoms with Crippen LogP contribution >= 0.6 is 11.6 Å². The first-order chi connectivity index (χ1) is 11.2. The number of amides is 1. The van der Waals surface area contributed by atoms with Crippen molar-refractivity contribution in [3.05, 3.63) is 89.4 Å². The normalized spacial score (nSPS) is 10.1. The Kier molecular flexibility index (Phi) is 4.60. The molecule has 3 rings (SSSR count). The van der Waals surface area contributed by atoms with Gasteiger partial charge in [0.05, 0.1) is 10.7 Å². The van der Waals surface area contributed by atoms with E-state index in [0.29, 0.717) is 22.0 Å². The molecule has 3 aromatic rings. The second-order valence-electron chi connectivity index (χ2n) is 4.87. The Balaban J connectivity index is 1.69. The predicted octanol–water partition coefficient (Wildman–Crippen LogP) is 5.38. The van der Waals surface area contributed by atoms with Crippen molar-refractivity contribution >= 4 is 23.2 Å². The molecule has 1 N–H and O–H groups in total. The van der Waals surface area contributed by atoms with Crippen LogP contribution in [0.5, 0.6) is 11.5 Å². The lowest BCUT2D eigenvalue weighted by molar-refractivity contribution is 0.102.